The van der Waals surface area contributed by atoms with Crippen molar-refractivity contribution >= 4 is 11.9 Å². The minimum absolute atomic E-state index is 0.378. The van der Waals surface area contributed by atoms with Crippen LogP contribution in [0.1, 0.15) is 18.5 Å². The predicted molar refractivity (Wildman–Crippen MR) is 66.9 cm³/mol. The van der Waals surface area contributed by atoms with E-state index in [0.717, 1.165) is 0 Å². The summed E-state index contributed by atoms with van der Waals surface area (Å²) in [4.78, 5) is 17.4. The number of cyclic esters (lactones) is 1. The highest BCUT2D eigenvalue weighted by atomic mass is 16.6. The Kier molecular flexibility index (Phi) is 3.12. The number of anilines is 1. The summed E-state index contributed by atoms with van der Waals surface area (Å²) < 4.78 is 10.2. The first-order chi connectivity index (χ1) is 9.19. The number of ether oxygens (including phenoxy) is 2. The number of amides is 1. The fraction of sp³-hybridized carbons (Fsp3) is 0.538. The number of aliphatic hydroxyl groups is 1. The van der Waals surface area contributed by atoms with Crippen molar-refractivity contribution in [2.45, 2.75) is 18.4 Å². The van der Waals surface area contributed by atoms with Gasteiger partial charge in [0.1, 0.15) is 18.0 Å². The van der Waals surface area contributed by atoms with E-state index in [9.17, 15) is 9.90 Å². The molecule has 1 aromatic heterocycles. The second-order valence-electron chi connectivity index (χ2n) is 4.79. The van der Waals surface area contributed by atoms with Crippen molar-refractivity contribution in [3.8, 4) is 0 Å². The Balaban J connectivity index is 1.89. The summed E-state index contributed by atoms with van der Waals surface area (Å²) in [6.45, 7) is 1.92. The van der Waals surface area contributed by atoms with E-state index in [2.05, 4.69) is 4.98 Å². The maximum atomic E-state index is 11.5. The average molecular weight is 264 g/mol. The zero-order valence-corrected chi connectivity index (χ0v) is 10.5. The third-order valence-corrected chi connectivity index (χ3v) is 3.57. The number of rotatable bonds is 2. The van der Waals surface area contributed by atoms with Crippen LogP contribution >= 0.6 is 0 Å². The lowest BCUT2D eigenvalue weighted by Gasteiger charge is -2.31. The summed E-state index contributed by atoms with van der Waals surface area (Å²) in [5, 5.41) is 10.6. The van der Waals surface area contributed by atoms with E-state index >= 15 is 0 Å². The van der Waals surface area contributed by atoms with E-state index in [1.165, 1.54) is 4.90 Å². The zero-order chi connectivity index (χ0) is 13.3. The number of carbonyl (C=O) groups is 1. The molecule has 3 rings (SSSR count). The van der Waals surface area contributed by atoms with Crippen LogP contribution in [-0.2, 0) is 15.1 Å². The number of carbonyl (C=O) groups excluding carboxylic acids is 1. The highest BCUT2D eigenvalue weighted by Crippen LogP contribution is 2.31. The monoisotopic (exact) mass is 264 g/mol. The fourth-order valence-electron chi connectivity index (χ4n) is 2.40. The molecule has 1 amide bonds. The second-order valence-corrected chi connectivity index (χ2v) is 4.79. The molecule has 0 unspecified atom stereocenters. The molecule has 6 heteroatoms. The highest BCUT2D eigenvalue weighted by molar-refractivity contribution is 5.88. The summed E-state index contributed by atoms with van der Waals surface area (Å²) in [6, 6.07) is 5.34. The largest absolute Gasteiger partial charge is 0.447 e. The summed E-state index contributed by atoms with van der Waals surface area (Å²) >= 11 is 0. The molecule has 0 saturated carbocycles. The number of nitrogens with zero attached hydrogens (tertiary/aromatic N) is 2. The minimum atomic E-state index is -0.960. The van der Waals surface area contributed by atoms with Gasteiger partial charge in [0.2, 0.25) is 0 Å². The maximum Gasteiger partial charge on any atom is 0.415 e. The van der Waals surface area contributed by atoms with Gasteiger partial charge in [-0.15, -0.1) is 0 Å². The first-order valence-electron chi connectivity index (χ1n) is 6.41. The number of hydrogen-bond acceptors (Lipinski definition) is 5. The van der Waals surface area contributed by atoms with Gasteiger partial charge < -0.3 is 14.6 Å². The predicted octanol–water partition coefficient (Wildman–Crippen LogP) is 1.04. The molecule has 0 radical (unpaired) electrons. The van der Waals surface area contributed by atoms with E-state index in [1.807, 2.05) is 0 Å². The van der Waals surface area contributed by atoms with Crippen LogP contribution in [0.5, 0.6) is 0 Å². The van der Waals surface area contributed by atoms with Gasteiger partial charge in [0.25, 0.3) is 0 Å². The van der Waals surface area contributed by atoms with Crippen LogP contribution in [0.3, 0.4) is 0 Å². The zero-order valence-electron chi connectivity index (χ0n) is 10.5. The van der Waals surface area contributed by atoms with E-state index < -0.39 is 5.60 Å². The molecule has 0 spiro atoms. The average Bonchev–Trinajstić information content (AvgIpc) is 2.86. The van der Waals surface area contributed by atoms with Crippen LogP contribution in [0.4, 0.5) is 10.6 Å². The van der Waals surface area contributed by atoms with Crippen LogP contribution in [0.25, 0.3) is 0 Å². The van der Waals surface area contributed by atoms with Crippen LogP contribution in [0.15, 0.2) is 18.2 Å². The first-order valence-corrected chi connectivity index (χ1v) is 6.41. The van der Waals surface area contributed by atoms with Gasteiger partial charge in [-0.25, -0.2) is 9.78 Å². The molecule has 1 aromatic rings. The molecule has 2 aliphatic heterocycles. The molecule has 0 aromatic carbocycles. The van der Waals surface area contributed by atoms with E-state index in [1.54, 1.807) is 18.2 Å². The lowest BCUT2D eigenvalue weighted by Crippen LogP contribution is -2.35. The van der Waals surface area contributed by atoms with Crippen LogP contribution in [0.2, 0.25) is 0 Å². The Morgan fingerprint density at radius 3 is 2.74 bits per heavy atom. The van der Waals surface area contributed by atoms with Gasteiger partial charge in [-0.05, 0) is 12.1 Å². The van der Waals surface area contributed by atoms with Crippen molar-refractivity contribution in [2.75, 3.05) is 31.3 Å². The van der Waals surface area contributed by atoms with Gasteiger partial charge in [-0.3, -0.25) is 4.90 Å². The first kappa shape index (κ1) is 12.4. The van der Waals surface area contributed by atoms with E-state index in [0.29, 0.717) is 50.7 Å². The van der Waals surface area contributed by atoms with Gasteiger partial charge in [-0.2, -0.15) is 0 Å². The van der Waals surface area contributed by atoms with Crippen molar-refractivity contribution in [1.29, 1.82) is 0 Å². The fourth-order valence-corrected chi connectivity index (χ4v) is 2.40. The van der Waals surface area contributed by atoms with Crippen molar-refractivity contribution in [3.05, 3.63) is 23.9 Å². The van der Waals surface area contributed by atoms with Gasteiger partial charge in [-0.1, -0.05) is 6.07 Å². The van der Waals surface area contributed by atoms with E-state index in [-0.39, 0.29) is 6.09 Å². The highest BCUT2D eigenvalue weighted by Gasteiger charge is 2.34. The molecular weight excluding hydrogens is 248 g/mol. The molecule has 1 N–H and O–H groups in total. The third-order valence-electron chi connectivity index (χ3n) is 3.57. The normalized spacial score (nSPS) is 22.4. The lowest BCUT2D eigenvalue weighted by molar-refractivity contribution is -0.0704. The Morgan fingerprint density at radius 1 is 1.26 bits per heavy atom. The van der Waals surface area contributed by atoms with Crippen molar-refractivity contribution in [1.82, 2.24) is 4.98 Å². The number of pyridine rings is 1. The van der Waals surface area contributed by atoms with Gasteiger partial charge in [0, 0.05) is 26.1 Å². The lowest BCUT2D eigenvalue weighted by atomic mass is 9.90. The van der Waals surface area contributed by atoms with Gasteiger partial charge in [0.05, 0.1) is 12.2 Å². The Hall–Kier alpha value is -1.66. The Bertz CT molecular complexity index is 485. The second kappa shape index (κ2) is 4.79. The third kappa shape index (κ3) is 2.29. The summed E-state index contributed by atoms with van der Waals surface area (Å²) in [6.07, 6.45) is 0.658. The molecule has 102 valence electrons. The topological polar surface area (TPSA) is 71.9 Å². The van der Waals surface area contributed by atoms with Crippen molar-refractivity contribution < 1.29 is 19.4 Å². The molecule has 6 nitrogen and oxygen atoms in total. The summed E-state index contributed by atoms with van der Waals surface area (Å²) in [5.74, 6) is 0.528. The maximum absolute atomic E-state index is 11.5. The van der Waals surface area contributed by atoms with Crippen molar-refractivity contribution in [2.24, 2.45) is 0 Å². The van der Waals surface area contributed by atoms with Crippen LogP contribution < -0.4 is 4.90 Å². The quantitative estimate of drug-likeness (QED) is 0.864. The molecule has 0 aliphatic carbocycles. The van der Waals surface area contributed by atoms with Gasteiger partial charge in [0.15, 0.2) is 0 Å². The van der Waals surface area contributed by atoms with Crippen LogP contribution in [-0.4, -0.2) is 42.5 Å². The SMILES string of the molecule is O=C1OCCN1c1cccc(C2(O)CCOCC2)n1. The minimum Gasteiger partial charge on any atom is -0.447 e. The summed E-state index contributed by atoms with van der Waals surface area (Å²) in [5.41, 5.74) is -0.370. The molecule has 3 heterocycles. The van der Waals surface area contributed by atoms with E-state index in [4.69, 9.17) is 9.47 Å². The standard InChI is InChI=1S/C13H16N2O4/c16-12-15(6-9-19-12)11-3-1-2-10(14-11)13(17)4-7-18-8-5-13/h1-3,17H,4-9H2. The molecule has 19 heavy (non-hydrogen) atoms. The molecule has 2 saturated heterocycles. The molecule has 0 bridgehead atoms. The molecule has 2 fully saturated rings. The Labute approximate surface area is 111 Å². The Morgan fingerprint density at radius 2 is 2.05 bits per heavy atom. The number of hydrogen-bond donors (Lipinski definition) is 1. The van der Waals surface area contributed by atoms with Gasteiger partial charge >= 0.3 is 6.09 Å². The van der Waals surface area contributed by atoms with Crippen LogP contribution in [0, 0.1) is 0 Å². The molecule has 0 atom stereocenters. The molecule has 2 aliphatic rings. The number of aromatic nitrogens is 1. The summed E-state index contributed by atoms with van der Waals surface area (Å²) in [7, 11) is 0. The molecular formula is C13H16N2O4. The smallest absolute Gasteiger partial charge is 0.415 e. The van der Waals surface area contributed by atoms with Crippen molar-refractivity contribution in [3.63, 3.8) is 0 Å².